The van der Waals surface area contributed by atoms with E-state index in [4.69, 9.17) is 0 Å². The summed E-state index contributed by atoms with van der Waals surface area (Å²) in [6, 6.07) is 40.3. The van der Waals surface area contributed by atoms with Crippen LogP contribution < -0.4 is 0 Å². The van der Waals surface area contributed by atoms with Gasteiger partial charge in [0.1, 0.15) is 0 Å². The van der Waals surface area contributed by atoms with E-state index in [1.54, 1.807) is 0 Å². The average Bonchev–Trinajstić information content (AvgIpc) is 3.94. The Balaban J connectivity index is 0.000000377. The summed E-state index contributed by atoms with van der Waals surface area (Å²) < 4.78 is 0. The molecule has 0 unspecified atom stereocenters. The van der Waals surface area contributed by atoms with Crippen molar-refractivity contribution in [1.29, 1.82) is 0 Å². The molecule has 9 rings (SSSR count). The largest absolute Gasteiger partial charge is 0.0683 e. The molecule has 0 saturated carbocycles. The second-order valence-corrected chi connectivity index (χ2v) is 13.4. The van der Waals surface area contributed by atoms with Gasteiger partial charge in [-0.1, -0.05) is 215 Å². The van der Waals surface area contributed by atoms with Crippen molar-refractivity contribution >= 4 is 0 Å². The number of hydrogen-bond donors (Lipinski definition) is 0. The van der Waals surface area contributed by atoms with Crippen LogP contribution in [0.3, 0.4) is 0 Å². The Morgan fingerprint density at radius 2 is 0.579 bits per heavy atom. The summed E-state index contributed by atoms with van der Waals surface area (Å²) >= 11 is 0. The van der Waals surface area contributed by atoms with Crippen molar-refractivity contribution in [3.8, 4) is 33.4 Å². The molecule has 0 radical (unpaired) electrons. The first-order chi connectivity index (χ1) is 27.7. The molecule has 0 saturated heterocycles. The third-order valence-electron chi connectivity index (χ3n) is 9.86. The average molecular weight is 763 g/mol. The van der Waals surface area contributed by atoms with Crippen LogP contribution in [0.25, 0.3) is 33.4 Å². The van der Waals surface area contributed by atoms with Gasteiger partial charge < -0.3 is 0 Å². The van der Waals surface area contributed by atoms with Crippen molar-refractivity contribution in [2.75, 3.05) is 0 Å². The van der Waals surface area contributed by atoms with Crippen molar-refractivity contribution in [1.82, 2.24) is 0 Å². The minimum Gasteiger partial charge on any atom is -0.0683 e. The fourth-order valence-corrected chi connectivity index (χ4v) is 7.42. The van der Waals surface area contributed by atoms with Gasteiger partial charge in [-0.2, -0.15) is 0 Å². The first-order valence-corrected chi connectivity index (χ1v) is 22.3. The molecule has 0 spiro atoms. The topological polar surface area (TPSA) is 0 Å². The van der Waals surface area contributed by atoms with E-state index in [1.165, 1.54) is 100 Å². The lowest BCUT2D eigenvalue weighted by atomic mass is 10.0. The van der Waals surface area contributed by atoms with E-state index in [2.05, 4.69) is 151 Å². The Morgan fingerprint density at radius 3 is 0.947 bits per heavy atom. The quantitative estimate of drug-likeness (QED) is 0.144. The van der Waals surface area contributed by atoms with Crippen molar-refractivity contribution in [2.45, 2.75) is 144 Å². The highest BCUT2D eigenvalue weighted by Gasteiger charge is 2.21. The van der Waals surface area contributed by atoms with Gasteiger partial charge >= 0.3 is 0 Å². The van der Waals surface area contributed by atoms with Crippen LogP contribution in [0, 0.1) is 41.5 Å². The molecule has 6 aromatic carbocycles. The monoisotopic (exact) mass is 763 g/mol. The highest BCUT2D eigenvalue weighted by atomic mass is 14.2. The lowest BCUT2D eigenvalue weighted by Crippen LogP contribution is -1.86. The van der Waals surface area contributed by atoms with Gasteiger partial charge in [-0.3, -0.25) is 0 Å². The van der Waals surface area contributed by atoms with Gasteiger partial charge in [0.15, 0.2) is 0 Å². The van der Waals surface area contributed by atoms with Gasteiger partial charge in [0.05, 0.1) is 0 Å². The molecule has 0 nitrogen and oxygen atoms in total. The molecule has 306 valence electrons. The number of rotatable bonds is 0. The Hall–Kier alpha value is -4.68. The standard InChI is InChI=1S/3C15H14.6C2H6/c1-10-3-5-14-12(7-10)9-13-8-11(2)4-6-15(13)14;1-10-3-5-12-9-13-6-4-11(2)8-15(13)14(12)7-10;1-10-5-3-7-12-13-8-4-6-11(2)15(13)9-14(10)12;6*1-2/h3*3-8H,9H2,1-2H3;6*1-2H3. The molecule has 3 aliphatic carbocycles. The molecule has 0 aliphatic heterocycles. The fourth-order valence-electron chi connectivity index (χ4n) is 7.42. The predicted molar refractivity (Wildman–Crippen MR) is 261 cm³/mol. The fraction of sp³-hybridized carbons (Fsp3) is 0.368. The zero-order valence-electron chi connectivity index (χ0n) is 39.5. The summed E-state index contributed by atoms with van der Waals surface area (Å²) in [7, 11) is 0. The highest BCUT2D eigenvalue weighted by Crippen LogP contribution is 2.40. The van der Waals surface area contributed by atoms with Crippen molar-refractivity contribution < 1.29 is 0 Å². The molecule has 6 aromatic rings. The summed E-state index contributed by atoms with van der Waals surface area (Å²) in [5.74, 6) is 0. The van der Waals surface area contributed by atoms with Crippen LogP contribution in [0.2, 0.25) is 0 Å². The van der Waals surface area contributed by atoms with Gasteiger partial charge in [-0.15, -0.1) is 0 Å². The van der Waals surface area contributed by atoms with E-state index >= 15 is 0 Å². The van der Waals surface area contributed by atoms with Crippen LogP contribution in [-0.2, 0) is 19.3 Å². The van der Waals surface area contributed by atoms with E-state index in [0.717, 1.165) is 19.3 Å². The second kappa shape index (κ2) is 26.3. The van der Waals surface area contributed by atoms with Crippen LogP contribution in [0.1, 0.15) is 150 Å². The minimum absolute atomic E-state index is 1.10. The number of fused-ring (bicyclic) bond motifs is 9. The van der Waals surface area contributed by atoms with Gasteiger partial charge in [-0.25, -0.2) is 0 Å². The highest BCUT2D eigenvalue weighted by molar-refractivity contribution is 5.80. The maximum atomic E-state index is 2.31. The zero-order valence-corrected chi connectivity index (χ0v) is 39.5. The number of hydrogen-bond acceptors (Lipinski definition) is 0. The maximum Gasteiger partial charge on any atom is -0.000820 e. The van der Waals surface area contributed by atoms with E-state index in [-0.39, 0.29) is 0 Å². The molecule has 0 aromatic heterocycles. The Bertz CT molecular complexity index is 1940. The van der Waals surface area contributed by atoms with Crippen molar-refractivity contribution in [3.63, 3.8) is 0 Å². The van der Waals surface area contributed by atoms with Crippen LogP contribution >= 0.6 is 0 Å². The Labute approximate surface area is 351 Å². The van der Waals surface area contributed by atoms with Gasteiger partial charge in [0.2, 0.25) is 0 Å². The summed E-state index contributed by atoms with van der Waals surface area (Å²) in [4.78, 5) is 0. The van der Waals surface area contributed by atoms with E-state index in [9.17, 15) is 0 Å². The lowest BCUT2D eigenvalue weighted by molar-refractivity contribution is 1.19. The van der Waals surface area contributed by atoms with Gasteiger partial charge in [0, 0.05) is 0 Å². The van der Waals surface area contributed by atoms with Crippen molar-refractivity contribution in [3.05, 3.63) is 176 Å². The molecule has 3 aliphatic rings. The lowest BCUT2D eigenvalue weighted by Gasteiger charge is -2.03. The summed E-state index contributed by atoms with van der Waals surface area (Å²) in [6.07, 6.45) is 3.32. The van der Waals surface area contributed by atoms with E-state index in [0.29, 0.717) is 0 Å². The Morgan fingerprint density at radius 1 is 0.263 bits per heavy atom. The molecule has 0 atom stereocenters. The SMILES string of the molecule is CC.CC.CC.CC.CC.CC.Cc1ccc2c(c1)-c1cc(C)ccc1C2.Cc1ccc2c(c1)Cc1cc(C)ccc1-2.Cc1cccc2c1Cc1c(C)cccc1-2. The van der Waals surface area contributed by atoms with Gasteiger partial charge in [0.25, 0.3) is 0 Å². The number of aryl methyl sites for hydroxylation is 6. The normalized spacial score (nSPS) is 10.4. The van der Waals surface area contributed by atoms with E-state index < -0.39 is 0 Å². The molecule has 0 bridgehead atoms. The third-order valence-corrected chi connectivity index (χ3v) is 9.86. The molecule has 57 heavy (non-hydrogen) atoms. The zero-order chi connectivity index (χ0) is 43.2. The van der Waals surface area contributed by atoms with Crippen molar-refractivity contribution in [2.24, 2.45) is 0 Å². The molecule has 0 N–H and O–H groups in total. The smallest absolute Gasteiger partial charge is 0.000820 e. The predicted octanol–water partition coefficient (Wildman–Crippen LogP) is 17.8. The molecule has 0 heterocycles. The van der Waals surface area contributed by atoms with Gasteiger partial charge in [-0.05, 0) is 139 Å². The second-order valence-electron chi connectivity index (χ2n) is 13.4. The van der Waals surface area contributed by atoms with Crippen LogP contribution in [0.15, 0.2) is 109 Å². The third kappa shape index (κ3) is 12.7. The first kappa shape index (κ1) is 50.3. The molecular formula is C57H78. The van der Waals surface area contributed by atoms with E-state index in [1.807, 2.05) is 83.1 Å². The maximum absolute atomic E-state index is 2.31. The first-order valence-electron chi connectivity index (χ1n) is 22.3. The number of benzene rings is 6. The Kier molecular flexibility index (Phi) is 23.2. The summed E-state index contributed by atoms with van der Waals surface area (Å²) in [5, 5.41) is 0. The van der Waals surface area contributed by atoms with Crippen LogP contribution in [-0.4, -0.2) is 0 Å². The van der Waals surface area contributed by atoms with Crippen LogP contribution in [0.4, 0.5) is 0 Å². The van der Waals surface area contributed by atoms with Crippen LogP contribution in [0.5, 0.6) is 0 Å². The minimum atomic E-state index is 1.10. The molecular weight excluding hydrogens is 685 g/mol. The molecule has 0 heteroatoms. The summed E-state index contributed by atoms with van der Waals surface area (Å²) in [5.41, 5.74) is 25.8. The summed E-state index contributed by atoms with van der Waals surface area (Å²) in [6.45, 7) is 37.1. The molecule has 0 fully saturated rings. The molecule has 0 amide bonds.